The molecule has 22 heavy (non-hydrogen) atoms. The van der Waals surface area contributed by atoms with Gasteiger partial charge in [-0.25, -0.2) is 0 Å². The maximum Gasteiger partial charge on any atom is 0.269 e. The Hall–Kier alpha value is -2.76. The Kier molecular flexibility index (Phi) is 3.36. The molecule has 1 aromatic heterocycles. The van der Waals surface area contributed by atoms with Crippen LogP contribution in [-0.4, -0.2) is 19.7 Å². The molecule has 0 spiro atoms. The van der Waals surface area contributed by atoms with Crippen molar-refractivity contribution in [1.29, 1.82) is 0 Å². The zero-order valence-corrected chi connectivity index (χ0v) is 12.1. The van der Waals surface area contributed by atoms with Crippen LogP contribution in [-0.2, 0) is 12.8 Å². The number of rotatable bonds is 3. The van der Waals surface area contributed by atoms with E-state index in [0.717, 1.165) is 16.7 Å². The first kappa shape index (κ1) is 14.2. The van der Waals surface area contributed by atoms with E-state index in [1.165, 1.54) is 16.7 Å². The fraction of sp³-hybridized carbons (Fsp3) is 0.250. The maximum absolute atomic E-state index is 10.7. The summed E-state index contributed by atoms with van der Waals surface area (Å²) in [5.41, 5.74) is 2.28. The Morgan fingerprint density at radius 1 is 1.09 bits per heavy atom. The molecule has 0 bridgehead atoms. The highest BCUT2D eigenvalue weighted by Crippen LogP contribution is 2.40. The molecule has 1 atom stereocenters. The van der Waals surface area contributed by atoms with E-state index in [1.54, 1.807) is 12.1 Å². The van der Waals surface area contributed by atoms with Crippen molar-refractivity contribution in [3.8, 4) is 11.8 Å². The highest BCUT2D eigenvalue weighted by atomic mass is 16.6. The standard InChI is InChI=1S/C16H16N2O4/c1-10(11-6-8-12(9-7-11)18(21)22)17-15(19)13-4-2-3-5-14(13)16(17)20/h2-3,6-10,19-20H,4-5H2,1H3. The van der Waals surface area contributed by atoms with Gasteiger partial charge in [-0.05, 0) is 25.3 Å². The molecule has 2 N–H and O–H groups in total. The third-order valence-corrected chi connectivity index (χ3v) is 4.14. The van der Waals surface area contributed by atoms with E-state index < -0.39 is 4.92 Å². The summed E-state index contributed by atoms with van der Waals surface area (Å²) < 4.78 is 1.47. The number of aromatic nitrogens is 1. The van der Waals surface area contributed by atoms with E-state index in [9.17, 15) is 20.3 Å². The number of nitro benzene ring substituents is 1. The van der Waals surface area contributed by atoms with Gasteiger partial charge in [0.05, 0.1) is 11.0 Å². The van der Waals surface area contributed by atoms with Crippen LogP contribution in [0.15, 0.2) is 36.4 Å². The van der Waals surface area contributed by atoms with Crippen LogP contribution in [0.4, 0.5) is 5.69 Å². The molecule has 2 aromatic rings. The second-order valence-corrected chi connectivity index (χ2v) is 5.38. The molecule has 1 unspecified atom stereocenters. The van der Waals surface area contributed by atoms with E-state index >= 15 is 0 Å². The number of nitrogens with zero attached hydrogens (tertiary/aromatic N) is 2. The summed E-state index contributed by atoms with van der Waals surface area (Å²) >= 11 is 0. The van der Waals surface area contributed by atoms with Crippen molar-refractivity contribution in [1.82, 2.24) is 4.57 Å². The topological polar surface area (TPSA) is 88.5 Å². The Morgan fingerprint density at radius 3 is 2.05 bits per heavy atom. The molecular formula is C16H16N2O4. The molecule has 3 rings (SSSR count). The number of nitro groups is 1. The Morgan fingerprint density at radius 2 is 1.59 bits per heavy atom. The first-order valence-corrected chi connectivity index (χ1v) is 7.04. The van der Waals surface area contributed by atoms with Crippen LogP contribution in [0.5, 0.6) is 11.8 Å². The minimum Gasteiger partial charge on any atom is -0.494 e. The van der Waals surface area contributed by atoms with Crippen LogP contribution in [0.2, 0.25) is 0 Å². The van der Waals surface area contributed by atoms with Crippen molar-refractivity contribution in [3.63, 3.8) is 0 Å². The summed E-state index contributed by atoms with van der Waals surface area (Å²) in [6, 6.07) is 5.79. The summed E-state index contributed by atoms with van der Waals surface area (Å²) in [4.78, 5) is 10.3. The number of hydrogen-bond acceptors (Lipinski definition) is 4. The van der Waals surface area contributed by atoms with E-state index in [0.29, 0.717) is 12.8 Å². The molecule has 0 aliphatic heterocycles. The second kappa shape index (κ2) is 5.22. The minimum absolute atomic E-state index is 0.0143. The quantitative estimate of drug-likeness (QED) is 0.518. The molecule has 1 aromatic carbocycles. The molecule has 0 saturated carbocycles. The molecule has 6 heteroatoms. The lowest BCUT2D eigenvalue weighted by atomic mass is 10.0. The molecule has 0 radical (unpaired) electrons. The molecule has 1 heterocycles. The van der Waals surface area contributed by atoms with Crippen LogP contribution in [0, 0.1) is 10.1 Å². The van der Waals surface area contributed by atoms with Crippen LogP contribution in [0.3, 0.4) is 0 Å². The predicted molar refractivity (Wildman–Crippen MR) is 81.2 cm³/mol. The Balaban J connectivity index is 2.00. The van der Waals surface area contributed by atoms with Crippen LogP contribution in [0.25, 0.3) is 0 Å². The average molecular weight is 300 g/mol. The number of non-ortho nitro benzene ring substituents is 1. The number of aromatic hydroxyl groups is 2. The van der Waals surface area contributed by atoms with Gasteiger partial charge in [0.2, 0.25) is 0 Å². The number of hydrogen-bond donors (Lipinski definition) is 2. The smallest absolute Gasteiger partial charge is 0.269 e. The molecular weight excluding hydrogens is 284 g/mol. The van der Waals surface area contributed by atoms with Crippen molar-refractivity contribution in [2.45, 2.75) is 25.8 Å². The Bertz CT molecular complexity index is 728. The van der Waals surface area contributed by atoms with Gasteiger partial charge in [-0.1, -0.05) is 24.3 Å². The highest BCUT2D eigenvalue weighted by molar-refractivity contribution is 5.50. The fourth-order valence-corrected chi connectivity index (χ4v) is 2.88. The van der Waals surface area contributed by atoms with E-state index in [2.05, 4.69) is 0 Å². The van der Waals surface area contributed by atoms with Crippen LogP contribution in [0.1, 0.15) is 29.7 Å². The van der Waals surface area contributed by atoms with Gasteiger partial charge in [-0.15, -0.1) is 0 Å². The van der Waals surface area contributed by atoms with Gasteiger partial charge in [0.25, 0.3) is 5.69 Å². The zero-order chi connectivity index (χ0) is 15.9. The van der Waals surface area contributed by atoms with Gasteiger partial charge in [0.1, 0.15) is 0 Å². The second-order valence-electron chi connectivity index (χ2n) is 5.38. The van der Waals surface area contributed by atoms with Gasteiger partial charge in [-0.2, -0.15) is 0 Å². The largest absolute Gasteiger partial charge is 0.494 e. The van der Waals surface area contributed by atoms with Crippen molar-refractivity contribution in [2.24, 2.45) is 0 Å². The summed E-state index contributed by atoms with van der Waals surface area (Å²) in [6.07, 6.45) is 5.11. The first-order chi connectivity index (χ1) is 10.5. The normalized spacial score (nSPS) is 14.6. The zero-order valence-electron chi connectivity index (χ0n) is 12.1. The van der Waals surface area contributed by atoms with Gasteiger partial charge >= 0.3 is 0 Å². The monoisotopic (exact) mass is 300 g/mol. The van der Waals surface area contributed by atoms with Crippen LogP contribution < -0.4 is 0 Å². The van der Waals surface area contributed by atoms with Gasteiger partial charge in [0, 0.05) is 23.3 Å². The first-order valence-electron chi connectivity index (χ1n) is 7.04. The van der Waals surface area contributed by atoms with E-state index in [-0.39, 0.29) is 23.5 Å². The molecule has 1 aliphatic carbocycles. The van der Waals surface area contributed by atoms with Crippen molar-refractivity contribution in [2.75, 3.05) is 0 Å². The lowest BCUT2D eigenvalue weighted by molar-refractivity contribution is -0.384. The molecule has 0 amide bonds. The van der Waals surface area contributed by atoms with Crippen LogP contribution >= 0.6 is 0 Å². The summed E-state index contributed by atoms with van der Waals surface area (Å²) in [6.45, 7) is 1.83. The number of fused-ring (bicyclic) bond motifs is 1. The van der Waals surface area contributed by atoms with Crippen molar-refractivity contribution >= 4 is 5.69 Å². The third-order valence-electron chi connectivity index (χ3n) is 4.14. The SMILES string of the molecule is CC(c1ccc([N+](=O)[O-])cc1)n1c(O)c2c(c1O)CC=CC2. The summed E-state index contributed by atoms with van der Waals surface area (Å²) in [5.74, 6) is 0.116. The number of benzene rings is 1. The average Bonchev–Trinajstić information content (AvgIpc) is 2.79. The molecule has 0 saturated heterocycles. The molecule has 0 fully saturated rings. The lowest BCUT2D eigenvalue weighted by Gasteiger charge is -2.16. The molecule has 1 aliphatic rings. The van der Waals surface area contributed by atoms with Gasteiger partial charge in [0.15, 0.2) is 11.8 Å². The summed E-state index contributed by atoms with van der Waals surface area (Å²) in [7, 11) is 0. The lowest BCUT2D eigenvalue weighted by Crippen LogP contribution is -2.06. The summed E-state index contributed by atoms with van der Waals surface area (Å²) in [5, 5.41) is 31.5. The van der Waals surface area contributed by atoms with Gasteiger partial charge in [-0.3, -0.25) is 14.7 Å². The fourth-order valence-electron chi connectivity index (χ4n) is 2.88. The van der Waals surface area contributed by atoms with Crippen molar-refractivity contribution < 1.29 is 15.1 Å². The number of allylic oxidation sites excluding steroid dienone is 2. The van der Waals surface area contributed by atoms with Crippen molar-refractivity contribution in [3.05, 3.63) is 63.2 Å². The molecule has 114 valence electrons. The highest BCUT2D eigenvalue weighted by Gasteiger charge is 2.26. The van der Waals surface area contributed by atoms with Gasteiger partial charge < -0.3 is 10.2 Å². The van der Waals surface area contributed by atoms with E-state index in [4.69, 9.17) is 0 Å². The predicted octanol–water partition coefficient (Wildman–Crippen LogP) is 3.07. The van der Waals surface area contributed by atoms with E-state index in [1.807, 2.05) is 19.1 Å². The third kappa shape index (κ3) is 2.13. The maximum atomic E-state index is 10.7. The molecule has 6 nitrogen and oxygen atoms in total. The minimum atomic E-state index is -0.455. The Labute approximate surface area is 127 Å².